The van der Waals surface area contributed by atoms with E-state index in [1.807, 2.05) is 30.3 Å². The average Bonchev–Trinajstić information content (AvgIpc) is 2.47. The maximum atomic E-state index is 12.2. The zero-order valence-electron chi connectivity index (χ0n) is 10.9. The highest BCUT2D eigenvalue weighted by Crippen LogP contribution is 2.16. The van der Waals surface area contributed by atoms with Crippen molar-refractivity contribution >= 4 is 17.5 Å². The van der Waals surface area contributed by atoms with Crippen molar-refractivity contribution in [2.75, 3.05) is 0 Å². The van der Waals surface area contributed by atoms with Crippen molar-refractivity contribution in [2.24, 2.45) is 0 Å². The molecule has 0 fully saturated rings. The predicted octanol–water partition coefficient (Wildman–Crippen LogP) is 3.88. The van der Waals surface area contributed by atoms with Gasteiger partial charge in [-0.25, -0.2) is 0 Å². The molecular formula is C16H13NO3. The quantitative estimate of drug-likeness (QED) is 0.365. The molecule has 0 heterocycles. The van der Waals surface area contributed by atoms with Gasteiger partial charge in [0.25, 0.3) is 5.69 Å². The molecule has 0 amide bonds. The number of non-ortho nitro benzene ring substituents is 1. The third-order valence-corrected chi connectivity index (χ3v) is 2.88. The second-order valence-corrected chi connectivity index (χ2v) is 4.37. The van der Waals surface area contributed by atoms with E-state index in [9.17, 15) is 14.9 Å². The summed E-state index contributed by atoms with van der Waals surface area (Å²) in [6, 6.07) is 15.1. The van der Waals surface area contributed by atoms with Gasteiger partial charge in [0.1, 0.15) is 0 Å². The minimum Gasteiger partial charge on any atom is -0.289 e. The van der Waals surface area contributed by atoms with E-state index < -0.39 is 4.92 Å². The SMILES string of the molecule is C/C(=C\c1ccccc1)C(=O)c1ccc([N+](=O)[O-])cc1. The lowest BCUT2D eigenvalue weighted by molar-refractivity contribution is -0.384. The van der Waals surface area contributed by atoms with Crippen LogP contribution in [0, 0.1) is 10.1 Å². The van der Waals surface area contributed by atoms with Crippen LogP contribution in [-0.4, -0.2) is 10.7 Å². The van der Waals surface area contributed by atoms with Crippen molar-refractivity contribution in [2.45, 2.75) is 6.92 Å². The number of rotatable bonds is 4. The first-order valence-corrected chi connectivity index (χ1v) is 6.10. The number of nitro benzene ring substituents is 1. The van der Waals surface area contributed by atoms with E-state index in [4.69, 9.17) is 0 Å². The van der Waals surface area contributed by atoms with Gasteiger partial charge in [0.15, 0.2) is 5.78 Å². The summed E-state index contributed by atoms with van der Waals surface area (Å²) < 4.78 is 0. The molecule has 0 aliphatic carbocycles. The van der Waals surface area contributed by atoms with Crippen LogP contribution in [0.1, 0.15) is 22.8 Å². The monoisotopic (exact) mass is 267 g/mol. The Morgan fingerprint density at radius 1 is 1.05 bits per heavy atom. The van der Waals surface area contributed by atoms with Gasteiger partial charge in [-0.1, -0.05) is 30.3 Å². The molecule has 0 atom stereocenters. The number of carbonyl (C=O) groups excluding carboxylic acids is 1. The second-order valence-electron chi connectivity index (χ2n) is 4.37. The van der Waals surface area contributed by atoms with Crippen LogP contribution in [0.15, 0.2) is 60.2 Å². The van der Waals surface area contributed by atoms with Gasteiger partial charge < -0.3 is 0 Å². The van der Waals surface area contributed by atoms with Crippen molar-refractivity contribution in [3.05, 3.63) is 81.4 Å². The van der Waals surface area contributed by atoms with Crippen LogP contribution in [0.25, 0.3) is 6.08 Å². The molecule has 0 bridgehead atoms. The van der Waals surface area contributed by atoms with E-state index in [1.54, 1.807) is 13.0 Å². The lowest BCUT2D eigenvalue weighted by Gasteiger charge is -2.01. The Hall–Kier alpha value is -2.75. The number of carbonyl (C=O) groups is 1. The fourth-order valence-electron chi connectivity index (χ4n) is 1.83. The summed E-state index contributed by atoms with van der Waals surface area (Å²) in [5.41, 5.74) is 1.96. The molecule has 2 aromatic rings. The van der Waals surface area contributed by atoms with Gasteiger partial charge in [0.05, 0.1) is 4.92 Å². The number of Topliss-reactive ketones (excluding diaryl/α,β-unsaturated/α-hetero) is 1. The van der Waals surface area contributed by atoms with Crippen LogP contribution < -0.4 is 0 Å². The first kappa shape index (κ1) is 13.7. The summed E-state index contributed by atoms with van der Waals surface area (Å²) in [4.78, 5) is 22.3. The number of hydrogen-bond acceptors (Lipinski definition) is 3. The van der Waals surface area contributed by atoms with E-state index in [0.717, 1.165) is 5.56 Å². The largest absolute Gasteiger partial charge is 0.289 e. The van der Waals surface area contributed by atoms with Crippen LogP contribution in [0.4, 0.5) is 5.69 Å². The van der Waals surface area contributed by atoms with Crippen molar-refractivity contribution in [3.8, 4) is 0 Å². The number of hydrogen-bond donors (Lipinski definition) is 0. The summed E-state index contributed by atoms with van der Waals surface area (Å²) >= 11 is 0. The Balaban J connectivity index is 2.22. The Morgan fingerprint density at radius 2 is 1.65 bits per heavy atom. The van der Waals surface area contributed by atoms with Crippen molar-refractivity contribution in [1.29, 1.82) is 0 Å². The van der Waals surface area contributed by atoms with Crippen LogP contribution >= 0.6 is 0 Å². The summed E-state index contributed by atoms with van der Waals surface area (Å²) in [5.74, 6) is -0.135. The van der Waals surface area contributed by atoms with Gasteiger partial charge in [0.2, 0.25) is 0 Å². The number of nitrogens with zero attached hydrogens (tertiary/aromatic N) is 1. The molecule has 0 N–H and O–H groups in total. The minimum absolute atomic E-state index is 0.0220. The highest BCUT2D eigenvalue weighted by atomic mass is 16.6. The average molecular weight is 267 g/mol. The van der Waals surface area contributed by atoms with Crippen molar-refractivity contribution < 1.29 is 9.72 Å². The molecule has 0 radical (unpaired) electrons. The Bertz CT molecular complexity index is 658. The number of allylic oxidation sites excluding steroid dienone is 1. The number of ketones is 1. The maximum absolute atomic E-state index is 12.2. The lowest BCUT2D eigenvalue weighted by Crippen LogP contribution is -2.00. The zero-order chi connectivity index (χ0) is 14.5. The Labute approximate surface area is 116 Å². The van der Waals surface area contributed by atoms with Gasteiger partial charge in [-0.2, -0.15) is 0 Å². The summed E-state index contributed by atoms with van der Waals surface area (Å²) in [6.45, 7) is 1.73. The van der Waals surface area contributed by atoms with E-state index in [-0.39, 0.29) is 11.5 Å². The zero-order valence-corrected chi connectivity index (χ0v) is 10.9. The number of benzene rings is 2. The van der Waals surface area contributed by atoms with Gasteiger partial charge >= 0.3 is 0 Å². The molecule has 2 aromatic carbocycles. The lowest BCUT2D eigenvalue weighted by atomic mass is 10.0. The molecule has 0 aromatic heterocycles. The smallest absolute Gasteiger partial charge is 0.269 e. The van der Waals surface area contributed by atoms with Gasteiger partial charge in [0, 0.05) is 17.7 Å². The van der Waals surface area contributed by atoms with E-state index in [1.165, 1.54) is 24.3 Å². The normalized spacial score (nSPS) is 11.2. The third kappa shape index (κ3) is 3.17. The molecule has 0 saturated carbocycles. The molecule has 2 rings (SSSR count). The highest BCUT2D eigenvalue weighted by molar-refractivity contribution is 6.10. The third-order valence-electron chi connectivity index (χ3n) is 2.88. The van der Waals surface area contributed by atoms with E-state index in [0.29, 0.717) is 11.1 Å². The molecule has 0 unspecified atom stereocenters. The molecule has 4 nitrogen and oxygen atoms in total. The molecular weight excluding hydrogens is 254 g/mol. The molecule has 0 aliphatic rings. The summed E-state index contributed by atoms with van der Waals surface area (Å²) in [7, 11) is 0. The summed E-state index contributed by atoms with van der Waals surface area (Å²) in [5, 5.41) is 10.6. The van der Waals surface area contributed by atoms with E-state index >= 15 is 0 Å². The molecule has 20 heavy (non-hydrogen) atoms. The first-order chi connectivity index (χ1) is 9.58. The molecule has 0 saturated heterocycles. The topological polar surface area (TPSA) is 60.2 Å². The van der Waals surface area contributed by atoms with Crippen LogP contribution in [0.5, 0.6) is 0 Å². The van der Waals surface area contributed by atoms with Crippen LogP contribution in [-0.2, 0) is 0 Å². The van der Waals surface area contributed by atoms with Crippen LogP contribution in [0.2, 0.25) is 0 Å². The Kier molecular flexibility index (Phi) is 4.05. The fourth-order valence-corrected chi connectivity index (χ4v) is 1.83. The molecule has 4 heteroatoms. The molecule has 0 aliphatic heterocycles. The predicted molar refractivity (Wildman–Crippen MR) is 77.5 cm³/mol. The summed E-state index contributed by atoms with van der Waals surface area (Å²) in [6.07, 6.45) is 1.80. The minimum atomic E-state index is -0.485. The number of nitro groups is 1. The van der Waals surface area contributed by atoms with Gasteiger partial charge in [-0.15, -0.1) is 0 Å². The van der Waals surface area contributed by atoms with Crippen LogP contribution in [0.3, 0.4) is 0 Å². The Morgan fingerprint density at radius 3 is 2.20 bits per heavy atom. The molecule has 100 valence electrons. The first-order valence-electron chi connectivity index (χ1n) is 6.10. The van der Waals surface area contributed by atoms with Gasteiger partial charge in [-0.05, 0) is 36.3 Å². The second kappa shape index (κ2) is 5.93. The van der Waals surface area contributed by atoms with Gasteiger partial charge in [-0.3, -0.25) is 14.9 Å². The highest BCUT2D eigenvalue weighted by Gasteiger charge is 2.10. The van der Waals surface area contributed by atoms with Crippen molar-refractivity contribution in [3.63, 3.8) is 0 Å². The molecule has 0 spiro atoms. The standard InChI is InChI=1S/C16H13NO3/c1-12(11-13-5-3-2-4-6-13)16(18)14-7-9-15(10-8-14)17(19)20/h2-11H,1H3/b12-11+. The van der Waals surface area contributed by atoms with E-state index in [2.05, 4.69) is 0 Å². The van der Waals surface area contributed by atoms with Crippen molar-refractivity contribution in [1.82, 2.24) is 0 Å². The maximum Gasteiger partial charge on any atom is 0.269 e. The fraction of sp³-hybridized carbons (Fsp3) is 0.0625.